The molecule has 13 heteroatoms. The van der Waals surface area contributed by atoms with Crippen LogP contribution >= 0.6 is 0 Å². The molecule has 0 radical (unpaired) electrons. The summed E-state index contributed by atoms with van der Waals surface area (Å²) in [6.45, 7) is -1.42. The lowest BCUT2D eigenvalue weighted by Crippen LogP contribution is -2.41. The second-order valence-corrected chi connectivity index (χ2v) is 8.98. The predicted molar refractivity (Wildman–Crippen MR) is 126 cm³/mol. The van der Waals surface area contributed by atoms with E-state index in [4.69, 9.17) is 4.74 Å². The quantitative estimate of drug-likeness (QED) is 0.294. The minimum atomic E-state index is -4.97. The molecule has 0 bridgehead atoms. The molecule has 0 fully saturated rings. The van der Waals surface area contributed by atoms with Gasteiger partial charge in [0.2, 0.25) is 11.8 Å². The van der Waals surface area contributed by atoms with Crippen LogP contribution in [0.1, 0.15) is 29.5 Å². The van der Waals surface area contributed by atoms with Crippen LogP contribution in [0, 0.1) is 0 Å². The van der Waals surface area contributed by atoms with E-state index >= 15 is 0 Å². The summed E-state index contributed by atoms with van der Waals surface area (Å²) >= 11 is 0. The van der Waals surface area contributed by atoms with Crippen molar-refractivity contribution in [3.8, 4) is 17.4 Å². The van der Waals surface area contributed by atoms with Crippen molar-refractivity contribution < 1.29 is 45.3 Å². The third kappa shape index (κ3) is 7.49. The monoisotopic (exact) mass is 559 g/mol. The van der Waals surface area contributed by atoms with E-state index in [0.29, 0.717) is 5.75 Å². The largest absolute Gasteiger partial charge is 0.461 e. The van der Waals surface area contributed by atoms with Gasteiger partial charge in [0.05, 0.1) is 6.54 Å². The summed E-state index contributed by atoms with van der Waals surface area (Å²) < 4.78 is 101. The molecule has 0 spiro atoms. The van der Waals surface area contributed by atoms with Gasteiger partial charge in [-0.3, -0.25) is 0 Å². The summed E-state index contributed by atoms with van der Waals surface area (Å²) in [6.07, 6.45) is -11.4. The van der Waals surface area contributed by atoms with Crippen molar-refractivity contribution in [1.82, 2.24) is 9.97 Å². The van der Waals surface area contributed by atoms with Gasteiger partial charge in [0.25, 0.3) is 0 Å². The number of benzene rings is 2. The molecule has 3 aromatic rings. The number of hydrogen-bond donors (Lipinski definition) is 1. The molecule has 0 saturated carbocycles. The summed E-state index contributed by atoms with van der Waals surface area (Å²) in [5.74, 6) is -0.375. The predicted octanol–water partition coefficient (Wildman–Crippen LogP) is 6.31. The van der Waals surface area contributed by atoms with Crippen molar-refractivity contribution in [1.29, 1.82) is 0 Å². The van der Waals surface area contributed by atoms with Gasteiger partial charge in [-0.1, -0.05) is 18.2 Å². The molecule has 39 heavy (non-hydrogen) atoms. The third-order valence-corrected chi connectivity index (χ3v) is 5.99. The van der Waals surface area contributed by atoms with Crippen molar-refractivity contribution in [2.24, 2.45) is 0 Å². The summed E-state index contributed by atoms with van der Waals surface area (Å²) in [5.41, 5.74) is 2.47. The number of aliphatic hydroxyl groups excluding tert-OH is 1. The number of aliphatic hydroxyl groups is 1. The second-order valence-electron chi connectivity index (χ2n) is 8.98. The van der Waals surface area contributed by atoms with Gasteiger partial charge in [-0.15, -0.1) is 0 Å². The molecule has 1 heterocycles. The average Bonchev–Trinajstić information content (AvgIpc) is 2.87. The third-order valence-electron chi connectivity index (χ3n) is 5.99. The number of nitrogens with zero attached hydrogens (tertiary/aromatic N) is 3. The number of aryl methyl sites for hydroxylation is 2. The van der Waals surface area contributed by atoms with Gasteiger partial charge in [-0.25, -0.2) is 4.98 Å². The van der Waals surface area contributed by atoms with Gasteiger partial charge in [-0.05, 0) is 66.6 Å². The zero-order chi connectivity index (χ0) is 28.2. The highest BCUT2D eigenvalue weighted by Crippen LogP contribution is 2.31. The Labute approximate surface area is 219 Å². The molecule has 0 aliphatic heterocycles. The van der Waals surface area contributed by atoms with Crippen LogP contribution in [0.4, 0.5) is 36.7 Å². The Bertz CT molecular complexity index is 1270. The Morgan fingerprint density at radius 1 is 0.923 bits per heavy atom. The molecule has 210 valence electrons. The van der Waals surface area contributed by atoms with Gasteiger partial charge in [0.15, 0.2) is 6.10 Å². The summed E-state index contributed by atoms with van der Waals surface area (Å²) in [4.78, 5) is 9.13. The molecule has 6 nitrogen and oxygen atoms in total. The Kier molecular flexibility index (Phi) is 8.48. The highest BCUT2D eigenvalue weighted by atomic mass is 19.4. The standard InChI is InChI=1S/C26H24F7N3O3/c27-23(28)26(32,33)39-20-7-3-4-16(12-20)14-36(15-21(37)25(29,30)31)24-34-11-10-22(35-24)38-19-9-8-17-5-1-2-6-18(17)13-19/h3-4,7-13,21,23,37H,1-2,5-6,14-15H2. The molecule has 4 rings (SSSR count). The van der Waals surface area contributed by atoms with Gasteiger partial charge < -0.3 is 19.5 Å². The maximum absolute atomic E-state index is 13.3. The first-order valence-corrected chi connectivity index (χ1v) is 12.0. The minimum Gasteiger partial charge on any atom is -0.439 e. The average molecular weight is 559 g/mol. The zero-order valence-corrected chi connectivity index (χ0v) is 20.3. The number of hydrogen-bond acceptors (Lipinski definition) is 6. The van der Waals surface area contributed by atoms with Crippen molar-refractivity contribution in [2.75, 3.05) is 11.4 Å². The van der Waals surface area contributed by atoms with E-state index in [2.05, 4.69) is 14.7 Å². The topological polar surface area (TPSA) is 67.7 Å². The Morgan fingerprint density at radius 2 is 1.67 bits per heavy atom. The fourth-order valence-corrected chi connectivity index (χ4v) is 4.09. The molecule has 2 aromatic carbocycles. The smallest absolute Gasteiger partial charge is 0.439 e. The summed E-state index contributed by atoms with van der Waals surface area (Å²) in [7, 11) is 0. The van der Waals surface area contributed by atoms with Crippen LogP contribution in [0.25, 0.3) is 0 Å². The number of ether oxygens (including phenoxy) is 2. The number of fused-ring (bicyclic) bond motifs is 1. The molecule has 1 N–H and O–H groups in total. The van der Waals surface area contributed by atoms with Gasteiger partial charge in [0.1, 0.15) is 11.5 Å². The second kappa shape index (κ2) is 11.6. The van der Waals surface area contributed by atoms with Gasteiger partial charge in [-0.2, -0.15) is 35.7 Å². The maximum Gasteiger partial charge on any atom is 0.461 e. The highest BCUT2D eigenvalue weighted by Gasteiger charge is 2.44. The maximum atomic E-state index is 13.3. The number of aromatic nitrogens is 2. The van der Waals surface area contributed by atoms with E-state index in [1.165, 1.54) is 30.0 Å². The first-order chi connectivity index (χ1) is 18.4. The van der Waals surface area contributed by atoms with Crippen LogP contribution in [0.5, 0.6) is 17.4 Å². The van der Waals surface area contributed by atoms with Crippen LogP contribution in [0.15, 0.2) is 54.7 Å². The minimum absolute atomic E-state index is 0.0240. The van der Waals surface area contributed by atoms with Crippen LogP contribution < -0.4 is 14.4 Å². The fraction of sp³-hybridized carbons (Fsp3) is 0.385. The first-order valence-electron chi connectivity index (χ1n) is 12.0. The lowest BCUT2D eigenvalue weighted by molar-refractivity contribution is -0.253. The highest BCUT2D eigenvalue weighted by molar-refractivity contribution is 5.41. The van der Waals surface area contributed by atoms with Crippen molar-refractivity contribution in [3.05, 3.63) is 71.4 Å². The molecule has 1 atom stereocenters. The van der Waals surface area contributed by atoms with Crippen LogP contribution in [-0.4, -0.2) is 46.4 Å². The van der Waals surface area contributed by atoms with E-state index in [9.17, 15) is 35.8 Å². The Morgan fingerprint density at radius 3 is 2.38 bits per heavy atom. The number of halogens is 7. The molecule has 0 saturated heterocycles. The van der Waals surface area contributed by atoms with E-state index in [0.717, 1.165) is 48.3 Å². The SMILES string of the molecule is OC(CN(Cc1cccc(OC(F)(F)C(F)F)c1)c1nccc(Oc2ccc3c(c2)CCCC3)n1)C(F)(F)F. The fourth-order valence-electron chi connectivity index (χ4n) is 4.09. The molecular weight excluding hydrogens is 535 g/mol. The first kappa shape index (κ1) is 28.4. The summed E-state index contributed by atoms with van der Waals surface area (Å²) in [5, 5.41) is 9.72. The normalized spacial score (nSPS) is 14.6. The van der Waals surface area contributed by atoms with E-state index in [-0.39, 0.29) is 17.4 Å². The zero-order valence-electron chi connectivity index (χ0n) is 20.3. The number of alkyl halides is 7. The molecule has 1 unspecified atom stereocenters. The van der Waals surface area contributed by atoms with Gasteiger partial charge in [0, 0.05) is 18.8 Å². The van der Waals surface area contributed by atoms with E-state index in [1.54, 1.807) is 6.07 Å². The lowest BCUT2D eigenvalue weighted by Gasteiger charge is -2.27. The number of anilines is 1. The van der Waals surface area contributed by atoms with Crippen molar-refractivity contribution >= 4 is 5.95 Å². The van der Waals surface area contributed by atoms with Crippen LogP contribution in [0.2, 0.25) is 0 Å². The van der Waals surface area contributed by atoms with Gasteiger partial charge >= 0.3 is 18.7 Å². The van der Waals surface area contributed by atoms with Crippen molar-refractivity contribution in [3.63, 3.8) is 0 Å². The molecule has 1 aliphatic rings. The Balaban J connectivity index is 1.58. The molecule has 1 aromatic heterocycles. The molecule has 1 aliphatic carbocycles. The van der Waals surface area contributed by atoms with E-state index < -0.39 is 43.7 Å². The van der Waals surface area contributed by atoms with E-state index in [1.807, 2.05) is 12.1 Å². The van der Waals surface area contributed by atoms with Crippen LogP contribution in [-0.2, 0) is 19.4 Å². The number of rotatable bonds is 10. The van der Waals surface area contributed by atoms with Crippen LogP contribution in [0.3, 0.4) is 0 Å². The lowest BCUT2D eigenvalue weighted by atomic mass is 9.92. The molecular formula is C26H24F7N3O3. The summed E-state index contributed by atoms with van der Waals surface area (Å²) in [6, 6.07) is 11.5. The Hall–Kier alpha value is -3.61. The molecule has 0 amide bonds. The van der Waals surface area contributed by atoms with Crippen molar-refractivity contribution in [2.45, 2.75) is 57.0 Å².